The molecule has 0 N–H and O–H groups in total. The molecule has 2 unspecified atom stereocenters. The summed E-state index contributed by atoms with van der Waals surface area (Å²) in [4.78, 5) is 26.5. The van der Waals surface area contributed by atoms with E-state index >= 15 is 0 Å². The van der Waals surface area contributed by atoms with Gasteiger partial charge in [-0.1, -0.05) is 18.6 Å². The molecule has 7 nitrogen and oxygen atoms in total. The predicted octanol–water partition coefficient (Wildman–Crippen LogP) is 3.59. The van der Waals surface area contributed by atoms with Crippen LogP contribution >= 0.6 is 0 Å². The third kappa shape index (κ3) is 5.97. The van der Waals surface area contributed by atoms with E-state index in [1.54, 1.807) is 19.2 Å². The fourth-order valence-corrected chi connectivity index (χ4v) is 5.60. The van der Waals surface area contributed by atoms with E-state index in [1.807, 2.05) is 6.92 Å². The Morgan fingerprint density at radius 2 is 1.88 bits per heavy atom. The molecule has 0 aromatic heterocycles. The van der Waals surface area contributed by atoms with Crippen LogP contribution in [0.3, 0.4) is 0 Å². The van der Waals surface area contributed by atoms with Gasteiger partial charge in [-0.15, -0.1) is 0 Å². The van der Waals surface area contributed by atoms with Gasteiger partial charge in [0.15, 0.2) is 6.10 Å². The number of hydrogen-bond donors (Lipinski definition) is 0. The maximum absolute atomic E-state index is 13.4. The van der Waals surface area contributed by atoms with E-state index < -0.39 is 33.8 Å². The Labute approximate surface area is 194 Å². The molecule has 0 aliphatic carbocycles. The standard InChI is InChI=1S/C24H29FN2O5S/c1-17-7-4-5-14-27(17)33(30,31)22-12-10-20(11-13-22)24(29)32-18(2)23(28)26(3)16-19-8-6-9-21(25)15-19/h6,8-13,15,17-18H,4-5,7,14,16H2,1-3H3. The van der Waals surface area contributed by atoms with Crippen LogP contribution < -0.4 is 0 Å². The number of ether oxygens (including phenoxy) is 1. The molecule has 2 atom stereocenters. The number of carbonyl (C=O) groups is 2. The first-order valence-corrected chi connectivity index (χ1v) is 12.4. The van der Waals surface area contributed by atoms with Crippen molar-refractivity contribution in [1.29, 1.82) is 0 Å². The first-order chi connectivity index (χ1) is 15.6. The third-order valence-corrected chi connectivity index (χ3v) is 7.78. The van der Waals surface area contributed by atoms with Crippen molar-refractivity contribution >= 4 is 21.9 Å². The quantitative estimate of drug-likeness (QED) is 0.571. The van der Waals surface area contributed by atoms with Crippen molar-refractivity contribution in [1.82, 2.24) is 9.21 Å². The van der Waals surface area contributed by atoms with Gasteiger partial charge >= 0.3 is 5.97 Å². The molecular weight excluding hydrogens is 447 g/mol. The van der Waals surface area contributed by atoms with Crippen molar-refractivity contribution in [3.63, 3.8) is 0 Å². The summed E-state index contributed by atoms with van der Waals surface area (Å²) >= 11 is 0. The number of carbonyl (C=O) groups excluding carboxylic acids is 2. The molecule has 0 bridgehead atoms. The maximum atomic E-state index is 13.4. The number of sulfonamides is 1. The smallest absolute Gasteiger partial charge is 0.338 e. The molecule has 0 spiro atoms. The Balaban J connectivity index is 1.62. The van der Waals surface area contributed by atoms with Gasteiger partial charge in [0, 0.05) is 26.2 Å². The predicted molar refractivity (Wildman–Crippen MR) is 121 cm³/mol. The van der Waals surface area contributed by atoms with E-state index in [1.165, 1.54) is 52.5 Å². The maximum Gasteiger partial charge on any atom is 0.338 e. The van der Waals surface area contributed by atoms with E-state index in [9.17, 15) is 22.4 Å². The molecule has 178 valence electrons. The zero-order valence-electron chi connectivity index (χ0n) is 19.0. The minimum atomic E-state index is -3.64. The summed E-state index contributed by atoms with van der Waals surface area (Å²) in [5.74, 6) is -1.57. The summed E-state index contributed by atoms with van der Waals surface area (Å²) in [6, 6.07) is 11.4. The average Bonchev–Trinajstić information content (AvgIpc) is 2.78. The molecule has 1 amide bonds. The lowest BCUT2D eigenvalue weighted by Gasteiger charge is -2.32. The highest BCUT2D eigenvalue weighted by Gasteiger charge is 2.31. The van der Waals surface area contributed by atoms with Crippen LogP contribution in [0.15, 0.2) is 53.4 Å². The lowest BCUT2D eigenvalue weighted by atomic mass is 10.1. The van der Waals surface area contributed by atoms with Crippen LogP contribution in [0.5, 0.6) is 0 Å². The van der Waals surface area contributed by atoms with Gasteiger partial charge in [0.05, 0.1) is 10.5 Å². The molecule has 9 heteroatoms. The summed E-state index contributed by atoms with van der Waals surface area (Å²) < 4.78 is 46.0. The Morgan fingerprint density at radius 3 is 2.52 bits per heavy atom. The number of nitrogens with zero attached hydrogens (tertiary/aromatic N) is 2. The summed E-state index contributed by atoms with van der Waals surface area (Å²) in [5.41, 5.74) is 0.761. The highest BCUT2D eigenvalue weighted by molar-refractivity contribution is 7.89. The van der Waals surface area contributed by atoms with Crippen molar-refractivity contribution in [2.45, 2.75) is 56.7 Å². The van der Waals surface area contributed by atoms with E-state index in [0.717, 1.165) is 19.3 Å². The summed E-state index contributed by atoms with van der Waals surface area (Å²) in [6.45, 7) is 4.00. The van der Waals surface area contributed by atoms with Crippen molar-refractivity contribution in [3.05, 3.63) is 65.5 Å². The zero-order valence-corrected chi connectivity index (χ0v) is 19.8. The molecule has 0 saturated carbocycles. The number of likely N-dealkylation sites (N-methyl/N-ethyl adjacent to an activating group) is 1. The second-order valence-electron chi connectivity index (χ2n) is 8.36. The van der Waals surface area contributed by atoms with Crippen LogP contribution in [0.25, 0.3) is 0 Å². The minimum Gasteiger partial charge on any atom is -0.449 e. The number of rotatable bonds is 7. The second kappa shape index (κ2) is 10.4. The third-order valence-electron chi connectivity index (χ3n) is 5.76. The first-order valence-electron chi connectivity index (χ1n) is 10.9. The summed E-state index contributed by atoms with van der Waals surface area (Å²) in [5, 5.41) is 0. The molecule has 2 aromatic carbocycles. The highest BCUT2D eigenvalue weighted by atomic mass is 32.2. The van der Waals surface area contributed by atoms with Crippen LogP contribution in [-0.2, 0) is 26.1 Å². The summed E-state index contributed by atoms with van der Waals surface area (Å²) in [6.07, 6.45) is 1.59. The van der Waals surface area contributed by atoms with Gasteiger partial charge in [0.1, 0.15) is 5.82 Å². The summed E-state index contributed by atoms with van der Waals surface area (Å²) in [7, 11) is -2.10. The van der Waals surface area contributed by atoms with Crippen molar-refractivity contribution < 1.29 is 27.1 Å². The number of hydrogen-bond acceptors (Lipinski definition) is 5. The first kappa shape index (κ1) is 24.9. The van der Waals surface area contributed by atoms with Crippen LogP contribution in [-0.4, -0.2) is 55.2 Å². The molecule has 0 radical (unpaired) electrons. The Morgan fingerprint density at radius 1 is 1.18 bits per heavy atom. The molecule has 2 aromatic rings. The SMILES string of the molecule is CC(OC(=O)c1ccc(S(=O)(=O)N2CCCCC2C)cc1)C(=O)N(C)Cc1cccc(F)c1. The van der Waals surface area contributed by atoms with Gasteiger partial charge in [-0.2, -0.15) is 4.31 Å². The van der Waals surface area contributed by atoms with Crippen LogP contribution in [0.2, 0.25) is 0 Å². The van der Waals surface area contributed by atoms with Crippen molar-refractivity contribution in [3.8, 4) is 0 Å². The highest BCUT2D eigenvalue weighted by Crippen LogP contribution is 2.25. The molecule has 1 saturated heterocycles. The molecule has 1 aliphatic heterocycles. The van der Waals surface area contributed by atoms with Crippen LogP contribution in [0.1, 0.15) is 49.0 Å². The van der Waals surface area contributed by atoms with Gasteiger partial charge in [-0.25, -0.2) is 17.6 Å². The average molecular weight is 477 g/mol. The van der Waals surface area contributed by atoms with Crippen LogP contribution in [0, 0.1) is 5.82 Å². The van der Waals surface area contributed by atoms with E-state index in [0.29, 0.717) is 12.1 Å². The Kier molecular flexibility index (Phi) is 7.86. The largest absolute Gasteiger partial charge is 0.449 e. The molecule has 1 aliphatic rings. The van der Waals surface area contributed by atoms with Gasteiger partial charge < -0.3 is 9.64 Å². The zero-order chi connectivity index (χ0) is 24.2. The van der Waals surface area contributed by atoms with Gasteiger partial charge in [0.25, 0.3) is 5.91 Å². The topological polar surface area (TPSA) is 84.0 Å². The minimum absolute atomic E-state index is 0.0652. The number of amides is 1. The lowest BCUT2D eigenvalue weighted by molar-refractivity contribution is -0.139. The van der Waals surface area contributed by atoms with E-state index in [4.69, 9.17) is 4.74 Å². The second-order valence-corrected chi connectivity index (χ2v) is 10.2. The molecule has 1 fully saturated rings. The number of benzene rings is 2. The Hall–Kier alpha value is -2.78. The van der Waals surface area contributed by atoms with Gasteiger partial charge in [0.2, 0.25) is 10.0 Å². The fraction of sp³-hybridized carbons (Fsp3) is 0.417. The van der Waals surface area contributed by atoms with E-state index in [2.05, 4.69) is 0 Å². The molecule has 33 heavy (non-hydrogen) atoms. The Bertz CT molecular complexity index is 1100. The number of halogens is 1. The fourth-order valence-electron chi connectivity index (χ4n) is 3.90. The van der Waals surface area contributed by atoms with E-state index in [-0.39, 0.29) is 23.0 Å². The number of esters is 1. The van der Waals surface area contributed by atoms with Gasteiger partial charge in [-0.3, -0.25) is 4.79 Å². The molecular formula is C24H29FN2O5S. The van der Waals surface area contributed by atoms with Gasteiger partial charge in [-0.05, 0) is 68.7 Å². The lowest BCUT2D eigenvalue weighted by Crippen LogP contribution is -2.41. The number of piperidine rings is 1. The normalized spacial score (nSPS) is 17.9. The van der Waals surface area contributed by atoms with Crippen molar-refractivity contribution in [2.24, 2.45) is 0 Å². The monoisotopic (exact) mass is 476 g/mol. The molecule has 3 rings (SSSR count). The van der Waals surface area contributed by atoms with Crippen molar-refractivity contribution in [2.75, 3.05) is 13.6 Å². The van der Waals surface area contributed by atoms with Crippen LogP contribution in [0.4, 0.5) is 4.39 Å². The molecule has 1 heterocycles.